The lowest BCUT2D eigenvalue weighted by Crippen LogP contribution is -2.44. The molecule has 3 rings (SSSR count). The molecule has 22 heavy (non-hydrogen) atoms. The molecule has 1 aromatic carbocycles. The lowest BCUT2D eigenvalue weighted by molar-refractivity contribution is -0.0559. The molecule has 0 radical (unpaired) electrons. The van der Waals surface area contributed by atoms with Crippen molar-refractivity contribution in [2.24, 2.45) is 0 Å². The third-order valence-electron chi connectivity index (χ3n) is 4.41. The number of aromatic nitrogens is 2. The first kappa shape index (κ1) is 15.3. The molecule has 0 bridgehead atoms. The molecule has 2 aromatic rings. The zero-order valence-corrected chi connectivity index (χ0v) is 13.5. The van der Waals surface area contributed by atoms with Gasteiger partial charge in [-0.2, -0.15) is 5.10 Å². The second-order valence-electron chi connectivity index (χ2n) is 5.95. The summed E-state index contributed by atoms with van der Waals surface area (Å²) in [4.78, 5) is 2.55. The fraction of sp³-hybridized carbons (Fsp3) is 0.500. The minimum Gasteiger partial charge on any atom is -0.375 e. The third-order valence-corrected chi connectivity index (χ3v) is 4.41. The highest BCUT2D eigenvalue weighted by Gasteiger charge is 2.27. The summed E-state index contributed by atoms with van der Waals surface area (Å²) < 4.78 is 7.98. The minimum atomic E-state index is 0.302. The Bertz CT molecular complexity index is 581. The van der Waals surface area contributed by atoms with Gasteiger partial charge in [-0.05, 0) is 25.5 Å². The molecule has 118 valence electrons. The van der Waals surface area contributed by atoms with E-state index in [1.165, 1.54) is 11.3 Å². The van der Waals surface area contributed by atoms with Crippen LogP contribution in [-0.2, 0) is 17.7 Å². The number of benzene rings is 1. The first-order chi connectivity index (χ1) is 10.8. The highest BCUT2D eigenvalue weighted by atomic mass is 16.5. The molecule has 1 aliphatic rings. The Labute approximate surface area is 132 Å². The van der Waals surface area contributed by atoms with Gasteiger partial charge in [0.05, 0.1) is 18.8 Å². The minimum absolute atomic E-state index is 0.302. The fourth-order valence-electron chi connectivity index (χ4n) is 3.22. The summed E-state index contributed by atoms with van der Waals surface area (Å²) in [5.41, 5.74) is 2.66. The molecule has 0 N–H and O–H groups in total. The van der Waals surface area contributed by atoms with Crippen molar-refractivity contribution in [3.05, 3.63) is 53.9 Å². The van der Waals surface area contributed by atoms with E-state index < -0.39 is 0 Å². The van der Waals surface area contributed by atoms with Crippen molar-refractivity contribution in [1.82, 2.24) is 14.7 Å². The van der Waals surface area contributed by atoms with E-state index >= 15 is 0 Å². The molecule has 0 saturated carbocycles. The van der Waals surface area contributed by atoms with E-state index in [9.17, 15) is 0 Å². The zero-order chi connectivity index (χ0) is 15.4. The van der Waals surface area contributed by atoms with E-state index in [0.29, 0.717) is 12.1 Å². The number of hydrogen-bond acceptors (Lipinski definition) is 3. The van der Waals surface area contributed by atoms with Gasteiger partial charge in [0.1, 0.15) is 0 Å². The van der Waals surface area contributed by atoms with Crippen LogP contribution in [0, 0.1) is 0 Å². The summed E-state index contributed by atoms with van der Waals surface area (Å²) in [5.74, 6) is 0. The Morgan fingerprint density at radius 3 is 2.82 bits per heavy atom. The molecule has 0 unspecified atom stereocenters. The Morgan fingerprint density at radius 2 is 2.05 bits per heavy atom. The Kier molecular flexibility index (Phi) is 4.90. The van der Waals surface area contributed by atoms with E-state index in [-0.39, 0.29) is 0 Å². The van der Waals surface area contributed by atoms with E-state index in [1.54, 1.807) is 0 Å². The van der Waals surface area contributed by atoms with Gasteiger partial charge in [0.2, 0.25) is 0 Å². The fourth-order valence-corrected chi connectivity index (χ4v) is 3.22. The monoisotopic (exact) mass is 299 g/mol. The van der Waals surface area contributed by atoms with Gasteiger partial charge in [-0.1, -0.05) is 30.3 Å². The zero-order valence-electron chi connectivity index (χ0n) is 13.5. The second-order valence-corrected chi connectivity index (χ2v) is 5.95. The van der Waals surface area contributed by atoms with Crippen molar-refractivity contribution in [2.45, 2.75) is 39.0 Å². The number of rotatable bonds is 5. The largest absolute Gasteiger partial charge is 0.375 e. The molecule has 1 aromatic heterocycles. The van der Waals surface area contributed by atoms with Crippen LogP contribution in [0.2, 0.25) is 0 Å². The standard InChI is InChI=1S/C18H25N3O/c1-3-21-17(9-11-19-21)10-12-20-13-15(2)22-14-18(20)16-7-5-4-6-8-16/h4-9,11,15,18H,3,10,12-14H2,1-2H3/t15-,18-/m0/s1. The highest BCUT2D eigenvalue weighted by molar-refractivity contribution is 5.20. The molecule has 2 heterocycles. The number of morpholine rings is 1. The summed E-state index contributed by atoms with van der Waals surface area (Å²) in [6, 6.07) is 13.2. The van der Waals surface area contributed by atoms with Crippen LogP contribution in [0.3, 0.4) is 0 Å². The maximum atomic E-state index is 5.90. The summed E-state index contributed by atoms with van der Waals surface area (Å²) in [6.07, 6.45) is 3.23. The van der Waals surface area contributed by atoms with Gasteiger partial charge < -0.3 is 4.74 Å². The highest BCUT2D eigenvalue weighted by Crippen LogP contribution is 2.26. The van der Waals surface area contributed by atoms with Crippen LogP contribution < -0.4 is 0 Å². The van der Waals surface area contributed by atoms with Crippen LogP contribution in [-0.4, -0.2) is 40.5 Å². The number of nitrogens with zero attached hydrogens (tertiary/aromatic N) is 3. The normalized spacial score (nSPS) is 22.8. The van der Waals surface area contributed by atoms with Crippen molar-refractivity contribution in [3.63, 3.8) is 0 Å². The van der Waals surface area contributed by atoms with E-state index in [0.717, 1.165) is 32.7 Å². The van der Waals surface area contributed by atoms with Crippen molar-refractivity contribution in [2.75, 3.05) is 19.7 Å². The maximum Gasteiger partial charge on any atom is 0.0675 e. The van der Waals surface area contributed by atoms with Gasteiger partial charge in [0.25, 0.3) is 0 Å². The second kappa shape index (κ2) is 7.07. The average Bonchev–Trinajstić information content (AvgIpc) is 3.01. The van der Waals surface area contributed by atoms with Crippen LogP contribution >= 0.6 is 0 Å². The number of ether oxygens (including phenoxy) is 1. The van der Waals surface area contributed by atoms with Crippen molar-refractivity contribution >= 4 is 0 Å². The first-order valence-electron chi connectivity index (χ1n) is 8.19. The lowest BCUT2D eigenvalue weighted by Gasteiger charge is -2.39. The third kappa shape index (κ3) is 3.39. The predicted molar refractivity (Wildman–Crippen MR) is 87.8 cm³/mol. The quantitative estimate of drug-likeness (QED) is 0.850. The maximum absolute atomic E-state index is 5.90. The molecule has 4 heteroatoms. The first-order valence-corrected chi connectivity index (χ1v) is 8.19. The van der Waals surface area contributed by atoms with Crippen molar-refractivity contribution in [1.29, 1.82) is 0 Å². The van der Waals surface area contributed by atoms with Crippen molar-refractivity contribution in [3.8, 4) is 0 Å². The van der Waals surface area contributed by atoms with Gasteiger partial charge in [0, 0.05) is 37.9 Å². The van der Waals surface area contributed by atoms with E-state index in [1.807, 2.05) is 6.20 Å². The molecule has 4 nitrogen and oxygen atoms in total. The topological polar surface area (TPSA) is 30.3 Å². The Hall–Kier alpha value is -1.65. The molecule has 0 spiro atoms. The molecule has 1 fully saturated rings. The molecule has 0 aliphatic carbocycles. The SMILES string of the molecule is CCn1nccc1CCN1C[C@H](C)OC[C@H]1c1ccccc1. The van der Waals surface area contributed by atoms with Crippen LogP contribution in [0.15, 0.2) is 42.6 Å². The van der Waals surface area contributed by atoms with Gasteiger partial charge in [0.15, 0.2) is 0 Å². The van der Waals surface area contributed by atoms with Crippen LogP contribution in [0.5, 0.6) is 0 Å². The van der Waals surface area contributed by atoms with Crippen LogP contribution in [0.25, 0.3) is 0 Å². The summed E-state index contributed by atoms with van der Waals surface area (Å²) in [6.45, 7) is 8.03. The molecular formula is C18H25N3O. The lowest BCUT2D eigenvalue weighted by atomic mass is 10.0. The summed E-state index contributed by atoms with van der Waals surface area (Å²) in [7, 11) is 0. The van der Waals surface area contributed by atoms with E-state index in [4.69, 9.17) is 4.74 Å². The average molecular weight is 299 g/mol. The van der Waals surface area contributed by atoms with Crippen LogP contribution in [0.4, 0.5) is 0 Å². The van der Waals surface area contributed by atoms with Gasteiger partial charge in [-0.3, -0.25) is 9.58 Å². The molecule has 1 aliphatic heterocycles. The van der Waals surface area contributed by atoms with Crippen LogP contribution in [0.1, 0.15) is 31.1 Å². The predicted octanol–water partition coefficient (Wildman–Crippen LogP) is 2.91. The Morgan fingerprint density at radius 1 is 1.23 bits per heavy atom. The van der Waals surface area contributed by atoms with Crippen molar-refractivity contribution < 1.29 is 4.74 Å². The van der Waals surface area contributed by atoms with Gasteiger partial charge in [-0.15, -0.1) is 0 Å². The molecule has 1 saturated heterocycles. The number of hydrogen-bond donors (Lipinski definition) is 0. The molecule has 2 atom stereocenters. The van der Waals surface area contributed by atoms with Gasteiger partial charge in [-0.25, -0.2) is 0 Å². The number of aryl methyl sites for hydroxylation is 1. The Balaban J connectivity index is 1.70. The smallest absolute Gasteiger partial charge is 0.0675 e. The van der Waals surface area contributed by atoms with E-state index in [2.05, 4.69) is 64.9 Å². The molecular weight excluding hydrogens is 274 g/mol. The summed E-state index contributed by atoms with van der Waals surface area (Å²) >= 11 is 0. The molecule has 0 amide bonds. The summed E-state index contributed by atoms with van der Waals surface area (Å²) in [5, 5.41) is 4.36. The van der Waals surface area contributed by atoms with Gasteiger partial charge >= 0.3 is 0 Å².